The first-order chi connectivity index (χ1) is 9.65. The predicted octanol–water partition coefficient (Wildman–Crippen LogP) is 2.15. The molecule has 1 amide bonds. The van der Waals surface area contributed by atoms with Crippen molar-refractivity contribution in [1.82, 2.24) is 5.32 Å². The summed E-state index contributed by atoms with van der Waals surface area (Å²) in [5, 5.41) is 2.91. The third-order valence-corrected chi connectivity index (χ3v) is 3.37. The zero-order chi connectivity index (χ0) is 14.8. The summed E-state index contributed by atoms with van der Waals surface area (Å²) in [5.41, 5.74) is 7.01. The third-order valence-electron chi connectivity index (χ3n) is 3.37. The second-order valence-electron chi connectivity index (χ2n) is 5.15. The lowest BCUT2D eigenvalue weighted by atomic mass is 10.1. The number of nitrogens with two attached hydrogens (primary N) is 1. The van der Waals surface area contributed by atoms with E-state index in [0.29, 0.717) is 6.54 Å². The Bertz CT molecular complexity index is 381. The first kappa shape index (κ1) is 16.5. The molecule has 0 aromatic heterocycles. The third kappa shape index (κ3) is 6.06. The molecule has 0 aliphatic carbocycles. The topological polar surface area (TPSA) is 58.4 Å². The minimum absolute atomic E-state index is 0.0270. The zero-order valence-electron chi connectivity index (χ0n) is 12.6. The number of nitrogens with zero attached hydrogens (tertiary/aromatic N) is 1. The molecular formula is C16H27N3O. The molecule has 0 spiro atoms. The number of amides is 1. The molecule has 0 radical (unpaired) electrons. The smallest absolute Gasteiger partial charge is 0.236 e. The first-order valence-corrected chi connectivity index (χ1v) is 7.44. The fourth-order valence-corrected chi connectivity index (χ4v) is 2.03. The Labute approximate surface area is 122 Å². The summed E-state index contributed by atoms with van der Waals surface area (Å²) >= 11 is 0. The molecule has 1 aromatic carbocycles. The average molecular weight is 277 g/mol. The van der Waals surface area contributed by atoms with Crippen molar-refractivity contribution in [3.05, 3.63) is 30.3 Å². The van der Waals surface area contributed by atoms with E-state index < -0.39 is 0 Å². The van der Waals surface area contributed by atoms with E-state index >= 15 is 0 Å². The SMILES string of the molecule is CCCC[C@H](N)C(=O)NCCCN(C)c1ccccc1. The summed E-state index contributed by atoms with van der Waals surface area (Å²) in [7, 11) is 2.06. The maximum Gasteiger partial charge on any atom is 0.236 e. The van der Waals surface area contributed by atoms with Crippen molar-refractivity contribution in [3.8, 4) is 0 Å². The highest BCUT2D eigenvalue weighted by molar-refractivity contribution is 5.81. The van der Waals surface area contributed by atoms with Crippen molar-refractivity contribution in [2.24, 2.45) is 5.73 Å². The van der Waals surface area contributed by atoms with Crippen molar-refractivity contribution in [2.75, 3.05) is 25.0 Å². The molecule has 0 saturated carbocycles. The lowest BCUT2D eigenvalue weighted by Crippen LogP contribution is -2.41. The maximum atomic E-state index is 11.7. The normalized spacial score (nSPS) is 11.9. The van der Waals surface area contributed by atoms with Gasteiger partial charge in [-0.3, -0.25) is 4.79 Å². The molecule has 4 heteroatoms. The molecule has 0 saturated heterocycles. The van der Waals surface area contributed by atoms with Gasteiger partial charge in [-0.05, 0) is 25.0 Å². The number of nitrogens with one attached hydrogen (secondary N) is 1. The number of hydrogen-bond acceptors (Lipinski definition) is 3. The Morgan fingerprint density at radius 3 is 2.65 bits per heavy atom. The first-order valence-electron chi connectivity index (χ1n) is 7.44. The minimum atomic E-state index is -0.359. The highest BCUT2D eigenvalue weighted by Gasteiger charge is 2.11. The average Bonchev–Trinajstić information content (AvgIpc) is 2.49. The lowest BCUT2D eigenvalue weighted by Gasteiger charge is -2.19. The van der Waals surface area contributed by atoms with E-state index in [1.54, 1.807) is 0 Å². The number of benzene rings is 1. The van der Waals surface area contributed by atoms with E-state index in [-0.39, 0.29) is 11.9 Å². The Balaban J connectivity index is 2.17. The van der Waals surface area contributed by atoms with E-state index in [0.717, 1.165) is 32.2 Å². The van der Waals surface area contributed by atoms with Crippen LogP contribution in [0.2, 0.25) is 0 Å². The van der Waals surface area contributed by atoms with Gasteiger partial charge in [0, 0.05) is 25.8 Å². The molecule has 1 atom stereocenters. The second-order valence-corrected chi connectivity index (χ2v) is 5.15. The summed E-state index contributed by atoms with van der Waals surface area (Å²) in [4.78, 5) is 13.9. The van der Waals surface area contributed by atoms with Crippen LogP contribution in [0.25, 0.3) is 0 Å². The number of carbonyl (C=O) groups excluding carboxylic acids is 1. The maximum absolute atomic E-state index is 11.7. The van der Waals surface area contributed by atoms with Crippen molar-refractivity contribution < 1.29 is 4.79 Å². The van der Waals surface area contributed by atoms with Crippen molar-refractivity contribution in [2.45, 2.75) is 38.6 Å². The van der Waals surface area contributed by atoms with Gasteiger partial charge in [-0.25, -0.2) is 0 Å². The summed E-state index contributed by atoms with van der Waals surface area (Å²) in [6.45, 7) is 3.69. The summed E-state index contributed by atoms with van der Waals surface area (Å²) < 4.78 is 0. The number of anilines is 1. The highest BCUT2D eigenvalue weighted by atomic mass is 16.2. The number of unbranched alkanes of at least 4 members (excludes halogenated alkanes) is 1. The predicted molar refractivity (Wildman–Crippen MR) is 84.8 cm³/mol. The molecule has 112 valence electrons. The molecular weight excluding hydrogens is 250 g/mol. The fourth-order valence-electron chi connectivity index (χ4n) is 2.03. The summed E-state index contributed by atoms with van der Waals surface area (Å²) in [6, 6.07) is 9.87. The lowest BCUT2D eigenvalue weighted by molar-refractivity contribution is -0.122. The van der Waals surface area contributed by atoms with Crippen molar-refractivity contribution >= 4 is 11.6 Å². The van der Waals surface area contributed by atoms with Gasteiger partial charge in [0.25, 0.3) is 0 Å². The highest BCUT2D eigenvalue weighted by Crippen LogP contribution is 2.10. The number of rotatable bonds is 9. The van der Waals surface area contributed by atoms with Crippen LogP contribution in [0, 0.1) is 0 Å². The van der Waals surface area contributed by atoms with Crippen LogP contribution in [-0.4, -0.2) is 32.1 Å². The van der Waals surface area contributed by atoms with Gasteiger partial charge in [0.2, 0.25) is 5.91 Å². The van der Waals surface area contributed by atoms with Gasteiger partial charge in [-0.2, -0.15) is 0 Å². The molecule has 20 heavy (non-hydrogen) atoms. The van der Waals surface area contributed by atoms with Gasteiger partial charge in [-0.1, -0.05) is 38.0 Å². The van der Waals surface area contributed by atoms with E-state index in [1.807, 2.05) is 18.2 Å². The molecule has 0 bridgehead atoms. The Morgan fingerprint density at radius 1 is 1.30 bits per heavy atom. The van der Waals surface area contributed by atoms with Crippen LogP contribution in [-0.2, 0) is 4.79 Å². The number of carbonyl (C=O) groups is 1. The Hall–Kier alpha value is -1.55. The molecule has 0 aliphatic heterocycles. The van der Waals surface area contributed by atoms with Gasteiger partial charge < -0.3 is 16.0 Å². The van der Waals surface area contributed by atoms with Crippen LogP contribution in [0.5, 0.6) is 0 Å². The largest absolute Gasteiger partial charge is 0.375 e. The van der Waals surface area contributed by atoms with Crippen LogP contribution in [0.4, 0.5) is 5.69 Å². The van der Waals surface area contributed by atoms with Crippen LogP contribution in [0.1, 0.15) is 32.6 Å². The standard InChI is InChI=1S/C16H27N3O/c1-3-4-11-15(17)16(20)18-12-8-13-19(2)14-9-6-5-7-10-14/h5-7,9-10,15H,3-4,8,11-13,17H2,1-2H3,(H,18,20)/t15-/m0/s1. The minimum Gasteiger partial charge on any atom is -0.375 e. The quantitative estimate of drug-likeness (QED) is 0.680. The van der Waals surface area contributed by atoms with E-state index in [1.165, 1.54) is 5.69 Å². The monoisotopic (exact) mass is 277 g/mol. The number of para-hydroxylation sites is 1. The fraction of sp³-hybridized carbons (Fsp3) is 0.562. The van der Waals surface area contributed by atoms with Crippen LogP contribution >= 0.6 is 0 Å². The van der Waals surface area contributed by atoms with Gasteiger partial charge in [-0.15, -0.1) is 0 Å². The van der Waals surface area contributed by atoms with Crippen molar-refractivity contribution in [1.29, 1.82) is 0 Å². The number of hydrogen-bond donors (Lipinski definition) is 2. The van der Waals surface area contributed by atoms with E-state index in [4.69, 9.17) is 5.73 Å². The summed E-state index contributed by atoms with van der Waals surface area (Å²) in [5.74, 6) is -0.0270. The van der Waals surface area contributed by atoms with Gasteiger partial charge >= 0.3 is 0 Å². The van der Waals surface area contributed by atoms with Gasteiger partial charge in [0.05, 0.1) is 6.04 Å². The molecule has 0 unspecified atom stereocenters. The van der Waals surface area contributed by atoms with Crippen LogP contribution < -0.4 is 16.0 Å². The zero-order valence-corrected chi connectivity index (χ0v) is 12.6. The van der Waals surface area contributed by atoms with E-state index in [9.17, 15) is 4.79 Å². The molecule has 0 aliphatic rings. The van der Waals surface area contributed by atoms with E-state index in [2.05, 4.69) is 36.3 Å². The molecule has 0 heterocycles. The molecule has 1 rings (SSSR count). The summed E-state index contributed by atoms with van der Waals surface area (Å²) in [6.07, 6.45) is 3.76. The molecule has 0 fully saturated rings. The molecule has 4 nitrogen and oxygen atoms in total. The Morgan fingerprint density at radius 2 is 2.00 bits per heavy atom. The second kappa shape index (κ2) is 9.37. The Kier molecular flexibility index (Phi) is 7.73. The van der Waals surface area contributed by atoms with Gasteiger partial charge in [0.1, 0.15) is 0 Å². The van der Waals surface area contributed by atoms with Crippen LogP contribution in [0.15, 0.2) is 30.3 Å². The molecule has 1 aromatic rings. The van der Waals surface area contributed by atoms with Crippen LogP contribution in [0.3, 0.4) is 0 Å². The van der Waals surface area contributed by atoms with Gasteiger partial charge in [0.15, 0.2) is 0 Å². The molecule has 3 N–H and O–H groups in total. The van der Waals surface area contributed by atoms with Crippen molar-refractivity contribution in [3.63, 3.8) is 0 Å².